The van der Waals surface area contributed by atoms with Crippen LogP contribution in [0.4, 0.5) is 0 Å². The predicted octanol–water partition coefficient (Wildman–Crippen LogP) is 4.80. The Balaban J connectivity index is 0.000000269. The van der Waals surface area contributed by atoms with E-state index in [0.29, 0.717) is 15.3 Å². The van der Waals surface area contributed by atoms with Gasteiger partial charge in [-0.15, -0.1) is 22.7 Å². The fraction of sp³-hybridized carbons (Fsp3) is 0.143. The summed E-state index contributed by atoms with van der Waals surface area (Å²) in [7, 11) is -7.57. The van der Waals surface area contributed by atoms with Gasteiger partial charge in [-0.1, -0.05) is 24.3 Å². The summed E-state index contributed by atoms with van der Waals surface area (Å²) in [5, 5.41) is 12.5. The van der Waals surface area contributed by atoms with Crippen molar-refractivity contribution in [2.24, 2.45) is 5.14 Å². The number of carboxylic acid groups (broad SMARTS) is 1. The number of hydrogen-bond donors (Lipinski definition) is 3. The molecule has 0 spiro atoms. The third-order valence-electron chi connectivity index (χ3n) is 5.06. The molecule has 11 nitrogen and oxygen atoms in total. The quantitative estimate of drug-likeness (QED) is 0.233. The van der Waals surface area contributed by atoms with Crippen LogP contribution in [0.5, 0.6) is 0 Å². The number of nitrogens with two attached hydrogens (primary N) is 1. The van der Waals surface area contributed by atoms with E-state index in [0.717, 1.165) is 29.2 Å². The summed E-state index contributed by atoms with van der Waals surface area (Å²) >= 11 is 2.62. The van der Waals surface area contributed by atoms with E-state index in [9.17, 15) is 31.2 Å². The lowest BCUT2D eigenvalue weighted by Gasteiger charge is -2.06. The molecule has 0 saturated heterocycles. The Kier molecular flexibility index (Phi) is 12.2. The third kappa shape index (κ3) is 11.0. The maximum Gasteiger partial charge on any atom is 0.300 e. The van der Waals surface area contributed by atoms with Crippen molar-refractivity contribution in [2.75, 3.05) is 0 Å². The zero-order valence-electron chi connectivity index (χ0n) is 23.4. The highest BCUT2D eigenvalue weighted by atomic mass is 32.2. The fourth-order valence-electron chi connectivity index (χ4n) is 3.26. The number of ketones is 2. The maximum absolute atomic E-state index is 12.0. The van der Waals surface area contributed by atoms with Crippen molar-refractivity contribution in [3.63, 3.8) is 0 Å². The van der Waals surface area contributed by atoms with Crippen LogP contribution in [0.25, 0.3) is 20.9 Å². The summed E-state index contributed by atoms with van der Waals surface area (Å²) in [5.41, 5.74) is 1.41. The number of carboxylic acids is 1. The van der Waals surface area contributed by atoms with Gasteiger partial charge in [-0.05, 0) is 73.5 Å². The van der Waals surface area contributed by atoms with Crippen molar-refractivity contribution in [1.29, 1.82) is 0 Å². The van der Waals surface area contributed by atoms with Crippen molar-refractivity contribution >= 4 is 66.2 Å². The Morgan fingerprint density at radius 3 is 1.42 bits per heavy atom. The molecule has 0 aliphatic carbocycles. The lowest BCUT2D eigenvalue weighted by Crippen LogP contribution is -2.28. The van der Waals surface area contributed by atoms with Gasteiger partial charge in [-0.25, -0.2) is 26.7 Å². The van der Waals surface area contributed by atoms with E-state index >= 15 is 0 Å². The molecule has 0 atom stereocenters. The molecule has 15 heteroatoms. The highest BCUT2D eigenvalue weighted by molar-refractivity contribution is 7.90. The molecule has 0 aliphatic heterocycles. The van der Waals surface area contributed by atoms with Gasteiger partial charge in [0, 0.05) is 23.6 Å². The number of primary sulfonamides is 1. The molecule has 4 aromatic rings. The predicted molar refractivity (Wildman–Crippen MR) is 165 cm³/mol. The van der Waals surface area contributed by atoms with E-state index in [1.807, 2.05) is 4.72 Å². The van der Waals surface area contributed by atoms with Crippen molar-refractivity contribution in [3.05, 3.63) is 82.6 Å². The molecule has 4 N–H and O–H groups in total. The zero-order valence-corrected chi connectivity index (χ0v) is 26.6. The van der Waals surface area contributed by atoms with E-state index in [1.165, 1.54) is 60.8 Å². The molecule has 0 bridgehead atoms. The number of benzene rings is 2. The normalized spacial score (nSPS) is 10.8. The van der Waals surface area contributed by atoms with Crippen LogP contribution in [0.15, 0.2) is 82.6 Å². The first kappa shape index (κ1) is 35.2. The van der Waals surface area contributed by atoms with Gasteiger partial charge in [0.05, 0.1) is 19.5 Å². The van der Waals surface area contributed by atoms with Gasteiger partial charge in [0.15, 0.2) is 11.6 Å². The highest BCUT2D eigenvalue weighted by Crippen LogP contribution is 2.31. The Morgan fingerprint density at radius 1 is 0.674 bits per heavy atom. The van der Waals surface area contributed by atoms with E-state index < -0.39 is 31.9 Å². The molecule has 1 amide bonds. The minimum atomic E-state index is -3.86. The molecular weight excluding hydrogens is 637 g/mol. The van der Waals surface area contributed by atoms with Crippen LogP contribution in [0, 0.1) is 0 Å². The standard InChI is InChI=1S/C14H13NO4S2.C12H11NO3S2.C2H4O2/c1-9(16)13-6-7-14(20-13)11-4-3-5-12(8-11)21(18,19)15-10(2)17;1-8(14)11-5-6-12(17-11)9-3-2-4-10(7-9)18(13,15)16;1-2(3)4/h3-8H,1-2H3,(H,15,17);2-7H,1H3,(H2,13,15,16);1H3,(H,3,4). The van der Waals surface area contributed by atoms with Crippen LogP contribution in [0.3, 0.4) is 0 Å². The topological polar surface area (TPSA) is 195 Å². The second-order valence-electron chi connectivity index (χ2n) is 8.72. The number of nitrogens with one attached hydrogen (secondary N) is 1. The molecule has 0 radical (unpaired) electrons. The zero-order chi connectivity index (χ0) is 32.5. The van der Waals surface area contributed by atoms with E-state index in [2.05, 4.69) is 0 Å². The number of rotatable bonds is 7. The highest BCUT2D eigenvalue weighted by Gasteiger charge is 2.17. The summed E-state index contributed by atoms with van der Waals surface area (Å²) < 4.78 is 48.3. The number of thiophene rings is 2. The molecule has 4 rings (SSSR count). The Bertz CT molecular complexity index is 1870. The minimum absolute atomic E-state index is 0.00569. The molecule has 0 saturated carbocycles. The average Bonchev–Trinajstić information content (AvgIpc) is 3.59. The SMILES string of the molecule is CC(=O)NS(=O)(=O)c1cccc(-c2ccc(C(C)=O)s2)c1.CC(=O)O.CC(=O)c1ccc(-c2cccc(S(N)(=O)=O)c2)s1. The summed E-state index contributed by atoms with van der Waals surface area (Å²) in [6.45, 7) is 5.20. The maximum atomic E-state index is 12.0. The molecule has 228 valence electrons. The van der Waals surface area contributed by atoms with E-state index in [4.69, 9.17) is 15.0 Å². The second kappa shape index (κ2) is 14.9. The third-order valence-corrected chi connectivity index (χ3v) is 9.87. The van der Waals surface area contributed by atoms with Gasteiger partial charge >= 0.3 is 0 Å². The van der Waals surface area contributed by atoms with Crippen LogP contribution in [0.1, 0.15) is 47.0 Å². The molecule has 0 unspecified atom stereocenters. The smallest absolute Gasteiger partial charge is 0.300 e. The number of carbonyl (C=O) groups is 4. The van der Waals surface area contributed by atoms with Crippen molar-refractivity contribution in [2.45, 2.75) is 37.5 Å². The first-order chi connectivity index (χ1) is 19.9. The van der Waals surface area contributed by atoms with Gasteiger partial charge in [-0.2, -0.15) is 0 Å². The van der Waals surface area contributed by atoms with E-state index in [1.54, 1.807) is 48.5 Å². The molecule has 2 aromatic carbocycles. The molecular formula is C28H28N2O9S4. The minimum Gasteiger partial charge on any atom is -0.481 e. The van der Waals surface area contributed by atoms with Crippen LogP contribution in [-0.4, -0.2) is 45.4 Å². The van der Waals surface area contributed by atoms with Crippen LogP contribution < -0.4 is 9.86 Å². The first-order valence-corrected chi connectivity index (χ1v) is 16.7. The van der Waals surface area contributed by atoms with Gasteiger partial charge in [-0.3, -0.25) is 19.2 Å². The lowest BCUT2D eigenvalue weighted by molar-refractivity contribution is -0.134. The number of aliphatic carboxylic acids is 1. The van der Waals surface area contributed by atoms with Gasteiger partial charge in [0.2, 0.25) is 15.9 Å². The average molecular weight is 665 g/mol. The number of hydrogen-bond acceptors (Lipinski definition) is 10. The largest absolute Gasteiger partial charge is 0.481 e. The lowest BCUT2D eigenvalue weighted by atomic mass is 10.2. The van der Waals surface area contributed by atoms with Gasteiger partial charge in [0.1, 0.15) is 0 Å². The number of amides is 1. The monoisotopic (exact) mass is 664 g/mol. The summed E-state index contributed by atoms with van der Waals surface area (Å²) in [6.07, 6.45) is 0. The molecule has 43 heavy (non-hydrogen) atoms. The molecule has 2 aromatic heterocycles. The van der Waals surface area contributed by atoms with Crippen LogP contribution in [0.2, 0.25) is 0 Å². The number of sulfonamides is 2. The molecule has 0 fully saturated rings. The summed E-state index contributed by atoms with van der Waals surface area (Å²) in [6, 6.07) is 19.6. The molecule has 2 heterocycles. The van der Waals surface area contributed by atoms with Gasteiger partial charge < -0.3 is 5.11 Å². The van der Waals surface area contributed by atoms with Crippen molar-refractivity contribution in [3.8, 4) is 20.9 Å². The fourth-order valence-corrected chi connectivity index (χ4v) is 6.65. The van der Waals surface area contributed by atoms with Crippen molar-refractivity contribution in [1.82, 2.24) is 4.72 Å². The van der Waals surface area contributed by atoms with Crippen molar-refractivity contribution < 1.29 is 41.1 Å². The Labute approximate surface area is 257 Å². The van der Waals surface area contributed by atoms with E-state index in [-0.39, 0.29) is 21.4 Å². The van der Waals surface area contributed by atoms with Gasteiger partial charge in [0.25, 0.3) is 16.0 Å². The van der Waals surface area contributed by atoms with Crippen LogP contribution >= 0.6 is 22.7 Å². The van der Waals surface area contributed by atoms with Crippen LogP contribution in [-0.2, 0) is 29.6 Å². The first-order valence-electron chi connectivity index (χ1n) is 12.1. The number of Topliss-reactive ketones (excluding diaryl/α,β-unsaturated/α-hetero) is 2. The number of carbonyl (C=O) groups excluding carboxylic acids is 3. The summed E-state index contributed by atoms with van der Waals surface area (Å²) in [5.74, 6) is -1.52. The Morgan fingerprint density at radius 2 is 1.07 bits per heavy atom. The second-order valence-corrected chi connectivity index (χ2v) is 14.1. The molecule has 0 aliphatic rings. The Hall–Kier alpha value is -4.02. The summed E-state index contributed by atoms with van der Waals surface area (Å²) in [4.78, 5) is 45.4.